The second-order valence-electron chi connectivity index (χ2n) is 4.81. The zero-order valence-electron chi connectivity index (χ0n) is 12.6. The maximum atomic E-state index is 11.9. The van der Waals surface area contributed by atoms with Gasteiger partial charge in [0.25, 0.3) is 0 Å². The number of amides is 1. The normalized spacial score (nSPS) is 12.9. The highest BCUT2D eigenvalue weighted by Gasteiger charge is 2.10. The summed E-state index contributed by atoms with van der Waals surface area (Å²) in [5, 5.41) is 2.73. The van der Waals surface area contributed by atoms with E-state index in [0.717, 1.165) is 11.3 Å². The summed E-state index contributed by atoms with van der Waals surface area (Å²) in [4.78, 5) is 15.9. The predicted molar refractivity (Wildman–Crippen MR) is 85.9 cm³/mol. The van der Waals surface area contributed by atoms with Gasteiger partial charge in [0.05, 0.1) is 19.0 Å². The molecule has 1 N–H and O–H groups in total. The van der Waals surface area contributed by atoms with Crippen molar-refractivity contribution in [2.45, 2.75) is 0 Å². The summed E-state index contributed by atoms with van der Waals surface area (Å²) < 4.78 is 15.9. The van der Waals surface area contributed by atoms with Crippen molar-refractivity contribution in [2.75, 3.05) is 25.6 Å². The molecule has 3 rings (SSSR count). The van der Waals surface area contributed by atoms with Gasteiger partial charge < -0.3 is 19.5 Å². The van der Waals surface area contributed by atoms with Gasteiger partial charge in [0, 0.05) is 12.1 Å². The zero-order chi connectivity index (χ0) is 16.1. The van der Waals surface area contributed by atoms with E-state index in [2.05, 4.69) is 10.3 Å². The van der Waals surface area contributed by atoms with E-state index in [9.17, 15) is 4.79 Å². The van der Waals surface area contributed by atoms with E-state index in [1.807, 2.05) is 18.2 Å². The van der Waals surface area contributed by atoms with Crippen molar-refractivity contribution in [3.8, 4) is 17.4 Å². The molecule has 0 radical (unpaired) electrons. The lowest BCUT2D eigenvalue weighted by Gasteiger charge is -2.18. The van der Waals surface area contributed by atoms with Crippen molar-refractivity contribution < 1.29 is 19.0 Å². The van der Waals surface area contributed by atoms with Gasteiger partial charge in [-0.2, -0.15) is 0 Å². The SMILES string of the molecule is COc1ccc(NC(=O)/C=C/c2ccc3c(c2)OCCO3)cn1. The number of carbonyl (C=O) groups excluding carboxylic acids is 1. The van der Waals surface area contributed by atoms with Crippen LogP contribution in [0.5, 0.6) is 17.4 Å². The van der Waals surface area contributed by atoms with E-state index in [1.165, 1.54) is 19.4 Å². The molecule has 1 aliphatic rings. The Morgan fingerprint density at radius 3 is 2.78 bits per heavy atom. The van der Waals surface area contributed by atoms with Crippen LogP contribution in [0.2, 0.25) is 0 Å². The van der Waals surface area contributed by atoms with Crippen LogP contribution in [0.4, 0.5) is 5.69 Å². The van der Waals surface area contributed by atoms with E-state index in [-0.39, 0.29) is 5.91 Å². The van der Waals surface area contributed by atoms with Gasteiger partial charge in [-0.25, -0.2) is 4.98 Å². The van der Waals surface area contributed by atoms with Crippen molar-refractivity contribution in [3.05, 3.63) is 48.2 Å². The van der Waals surface area contributed by atoms with Crippen LogP contribution in [-0.2, 0) is 4.79 Å². The van der Waals surface area contributed by atoms with Crippen molar-refractivity contribution in [1.29, 1.82) is 0 Å². The van der Waals surface area contributed by atoms with Crippen LogP contribution in [0.1, 0.15) is 5.56 Å². The number of ether oxygens (including phenoxy) is 3. The fourth-order valence-electron chi connectivity index (χ4n) is 2.09. The summed E-state index contributed by atoms with van der Waals surface area (Å²) in [7, 11) is 1.54. The van der Waals surface area contributed by atoms with E-state index in [4.69, 9.17) is 14.2 Å². The lowest BCUT2D eigenvalue weighted by Crippen LogP contribution is -2.15. The Balaban J connectivity index is 1.63. The molecular weight excluding hydrogens is 296 g/mol. The number of nitrogens with one attached hydrogen (secondary N) is 1. The highest BCUT2D eigenvalue weighted by molar-refractivity contribution is 6.01. The molecule has 23 heavy (non-hydrogen) atoms. The predicted octanol–water partition coefficient (Wildman–Crippen LogP) is 2.51. The maximum Gasteiger partial charge on any atom is 0.248 e. The molecule has 2 heterocycles. The third kappa shape index (κ3) is 3.79. The second-order valence-corrected chi connectivity index (χ2v) is 4.81. The maximum absolute atomic E-state index is 11.9. The number of rotatable bonds is 4. The number of hydrogen-bond donors (Lipinski definition) is 1. The molecule has 0 spiro atoms. The monoisotopic (exact) mass is 312 g/mol. The molecule has 0 aliphatic carbocycles. The number of anilines is 1. The van der Waals surface area contributed by atoms with Crippen molar-refractivity contribution in [1.82, 2.24) is 4.98 Å². The van der Waals surface area contributed by atoms with Gasteiger partial charge in [-0.3, -0.25) is 4.79 Å². The lowest BCUT2D eigenvalue weighted by atomic mass is 10.2. The van der Waals surface area contributed by atoms with Crippen LogP contribution < -0.4 is 19.5 Å². The minimum atomic E-state index is -0.244. The summed E-state index contributed by atoms with van der Waals surface area (Å²) in [5.74, 6) is 1.67. The first-order chi connectivity index (χ1) is 11.2. The molecule has 0 saturated heterocycles. The Morgan fingerprint density at radius 1 is 1.22 bits per heavy atom. The molecule has 6 nitrogen and oxygen atoms in total. The molecule has 0 atom stereocenters. The molecular formula is C17H16N2O4. The number of methoxy groups -OCH3 is 1. The fourth-order valence-corrected chi connectivity index (χ4v) is 2.09. The Morgan fingerprint density at radius 2 is 2.04 bits per heavy atom. The minimum Gasteiger partial charge on any atom is -0.486 e. The van der Waals surface area contributed by atoms with Crippen LogP contribution in [0.3, 0.4) is 0 Å². The van der Waals surface area contributed by atoms with Gasteiger partial charge in [0.1, 0.15) is 13.2 Å². The molecule has 0 unspecified atom stereocenters. The van der Waals surface area contributed by atoms with Crippen molar-refractivity contribution >= 4 is 17.7 Å². The average molecular weight is 312 g/mol. The molecule has 1 aromatic heterocycles. The first-order valence-corrected chi connectivity index (χ1v) is 7.13. The molecule has 0 bridgehead atoms. The number of fused-ring (bicyclic) bond motifs is 1. The van der Waals surface area contributed by atoms with Crippen molar-refractivity contribution in [3.63, 3.8) is 0 Å². The Labute approximate surface area is 133 Å². The molecule has 0 saturated carbocycles. The largest absolute Gasteiger partial charge is 0.486 e. The summed E-state index contributed by atoms with van der Waals surface area (Å²) in [5.41, 5.74) is 1.46. The quantitative estimate of drug-likeness (QED) is 0.879. The van der Waals surface area contributed by atoms with Crippen LogP contribution in [-0.4, -0.2) is 31.2 Å². The number of aromatic nitrogens is 1. The Kier molecular flexibility index (Phi) is 4.42. The highest BCUT2D eigenvalue weighted by Crippen LogP contribution is 2.31. The molecule has 1 aromatic carbocycles. The van der Waals surface area contributed by atoms with Gasteiger partial charge >= 0.3 is 0 Å². The molecule has 118 valence electrons. The molecule has 0 fully saturated rings. The molecule has 1 amide bonds. The van der Waals surface area contributed by atoms with Crippen LogP contribution in [0.15, 0.2) is 42.6 Å². The standard InChI is InChI=1S/C17H16N2O4/c1-21-17-7-4-13(11-18-17)19-16(20)6-3-12-2-5-14-15(10-12)23-9-8-22-14/h2-7,10-11H,8-9H2,1H3,(H,19,20)/b6-3+. The van der Waals surface area contributed by atoms with Gasteiger partial charge in [0.2, 0.25) is 11.8 Å². The summed E-state index contributed by atoms with van der Waals surface area (Å²) >= 11 is 0. The van der Waals surface area contributed by atoms with E-state index >= 15 is 0 Å². The summed E-state index contributed by atoms with van der Waals surface area (Å²) in [6.45, 7) is 1.09. The minimum absolute atomic E-state index is 0.244. The molecule has 6 heteroatoms. The van der Waals surface area contributed by atoms with Crippen molar-refractivity contribution in [2.24, 2.45) is 0 Å². The first-order valence-electron chi connectivity index (χ1n) is 7.13. The van der Waals surface area contributed by atoms with E-state index < -0.39 is 0 Å². The Hall–Kier alpha value is -3.02. The number of nitrogens with zero attached hydrogens (tertiary/aromatic N) is 1. The lowest BCUT2D eigenvalue weighted by molar-refractivity contribution is -0.111. The van der Waals surface area contributed by atoms with E-state index in [1.54, 1.807) is 18.2 Å². The Bertz CT molecular complexity index is 726. The average Bonchev–Trinajstić information content (AvgIpc) is 2.60. The second kappa shape index (κ2) is 6.83. The van der Waals surface area contributed by atoms with Crippen LogP contribution >= 0.6 is 0 Å². The van der Waals surface area contributed by atoms with Gasteiger partial charge in [-0.1, -0.05) is 6.07 Å². The molecule has 2 aromatic rings. The topological polar surface area (TPSA) is 69.7 Å². The van der Waals surface area contributed by atoms with Gasteiger partial charge in [0.15, 0.2) is 11.5 Å². The fraction of sp³-hybridized carbons (Fsp3) is 0.176. The third-order valence-electron chi connectivity index (χ3n) is 3.21. The number of hydrogen-bond acceptors (Lipinski definition) is 5. The van der Waals surface area contributed by atoms with E-state index in [0.29, 0.717) is 30.5 Å². The highest BCUT2D eigenvalue weighted by atomic mass is 16.6. The first kappa shape index (κ1) is 14.9. The molecule has 1 aliphatic heterocycles. The van der Waals surface area contributed by atoms with Gasteiger partial charge in [-0.05, 0) is 29.8 Å². The summed E-state index contributed by atoms with van der Waals surface area (Å²) in [6, 6.07) is 8.95. The number of pyridine rings is 1. The number of benzene rings is 1. The number of carbonyl (C=O) groups is 1. The third-order valence-corrected chi connectivity index (χ3v) is 3.21. The van der Waals surface area contributed by atoms with Crippen LogP contribution in [0.25, 0.3) is 6.08 Å². The van der Waals surface area contributed by atoms with Crippen LogP contribution in [0, 0.1) is 0 Å². The summed E-state index contributed by atoms with van der Waals surface area (Å²) in [6.07, 6.45) is 4.70. The smallest absolute Gasteiger partial charge is 0.248 e. The van der Waals surface area contributed by atoms with Gasteiger partial charge in [-0.15, -0.1) is 0 Å². The zero-order valence-corrected chi connectivity index (χ0v) is 12.6.